The number of hydrogen-bond acceptors (Lipinski definition) is 6. The van der Waals surface area contributed by atoms with Gasteiger partial charge in [-0.2, -0.15) is 4.98 Å². The van der Waals surface area contributed by atoms with E-state index in [4.69, 9.17) is 0 Å². The van der Waals surface area contributed by atoms with Gasteiger partial charge in [-0.05, 0) is 42.5 Å². The average molecular weight is 395 g/mol. The van der Waals surface area contributed by atoms with Crippen LogP contribution < -0.4 is 10.6 Å². The first-order valence-electron chi connectivity index (χ1n) is 9.34. The van der Waals surface area contributed by atoms with Gasteiger partial charge in [-0.3, -0.25) is 10.1 Å². The lowest BCUT2D eigenvalue weighted by atomic mass is 10.0. The molecule has 0 radical (unpaired) electrons. The maximum absolute atomic E-state index is 12.9. The summed E-state index contributed by atoms with van der Waals surface area (Å²) in [6.07, 6.45) is 6.84. The molecule has 0 spiro atoms. The van der Waals surface area contributed by atoms with Crippen LogP contribution in [0.4, 0.5) is 23.4 Å². The second kappa shape index (κ2) is 7.51. The van der Waals surface area contributed by atoms with Crippen LogP contribution in [0, 0.1) is 0 Å². The Bertz CT molecular complexity index is 1310. The molecule has 5 aromatic rings. The molecule has 0 saturated carbocycles. The van der Waals surface area contributed by atoms with Gasteiger partial charge >= 0.3 is 0 Å². The number of para-hydroxylation sites is 1. The number of fused-ring (bicyclic) bond motifs is 1. The summed E-state index contributed by atoms with van der Waals surface area (Å²) >= 11 is 0. The fourth-order valence-corrected chi connectivity index (χ4v) is 3.21. The van der Waals surface area contributed by atoms with E-state index in [-0.39, 0.29) is 5.78 Å². The molecule has 0 amide bonds. The third-order valence-electron chi connectivity index (χ3n) is 4.64. The van der Waals surface area contributed by atoms with Gasteiger partial charge in [-0.1, -0.05) is 12.1 Å². The van der Waals surface area contributed by atoms with Gasteiger partial charge in [0.15, 0.2) is 5.78 Å². The van der Waals surface area contributed by atoms with Crippen LogP contribution in [-0.2, 0) is 0 Å². The van der Waals surface area contributed by atoms with Crippen molar-refractivity contribution in [3.05, 3.63) is 90.5 Å². The Morgan fingerprint density at radius 1 is 0.833 bits per heavy atom. The third-order valence-corrected chi connectivity index (χ3v) is 4.64. The molecule has 3 heterocycles. The Kier molecular flexibility index (Phi) is 4.41. The van der Waals surface area contributed by atoms with Crippen LogP contribution in [0.3, 0.4) is 0 Å². The van der Waals surface area contributed by atoms with E-state index in [9.17, 15) is 4.79 Å². The van der Waals surface area contributed by atoms with Gasteiger partial charge in [0.2, 0.25) is 11.9 Å². The number of carbonyl (C=O) groups excluding carboxylic acids is 1. The fraction of sp³-hybridized carbons (Fsp3) is 0. The lowest BCUT2D eigenvalue weighted by Gasteiger charge is -2.08. The highest BCUT2D eigenvalue weighted by Gasteiger charge is 2.13. The van der Waals surface area contributed by atoms with Gasteiger partial charge in [0.25, 0.3) is 0 Å². The molecule has 3 aromatic heterocycles. The van der Waals surface area contributed by atoms with Crippen LogP contribution in [0.25, 0.3) is 10.9 Å². The normalized spacial score (nSPS) is 10.8. The standard InChI is InChI=1S/C22H17N7O/c30-20(17-3-1-2-14-8-10-23-19(14)17)15-4-6-16(7-5-15)27-18-9-11-24-22(28-18)29-21-25-12-13-26-21/h1-13,23H,(H3,24,25,26,27,28,29). The maximum atomic E-state index is 12.9. The number of imidazole rings is 1. The third kappa shape index (κ3) is 3.49. The van der Waals surface area contributed by atoms with Crippen molar-refractivity contribution < 1.29 is 4.79 Å². The quantitative estimate of drug-likeness (QED) is 0.317. The molecular formula is C22H17N7O. The first-order valence-corrected chi connectivity index (χ1v) is 9.34. The number of nitrogens with one attached hydrogen (secondary N) is 4. The number of ketones is 1. The van der Waals surface area contributed by atoms with E-state index in [1.807, 2.05) is 42.6 Å². The van der Waals surface area contributed by atoms with Crippen molar-refractivity contribution >= 4 is 40.1 Å². The average Bonchev–Trinajstić information content (AvgIpc) is 3.46. The number of anilines is 4. The molecule has 0 aliphatic heterocycles. The smallest absolute Gasteiger partial charge is 0.231 e. The van der Waals surface area contributed by atoms with Crippen LogP contribution >= 0.6 is 0 Å². The highest BCUT2D eigenvalue weighted by atomic mass is 16.1. The summed E-state index contributed by atoms with van der Waals surface area (Å²) in [5, 5.41) is 7.22. The van der Waals surface area contributed by atoms with Crippen molar-refractivity contribution in [2.24, 2.45) is 0 Å². The van der Waals surface area contributed by atoms with Crippen LogP contribution in [-0.4, -0.2) is 30.7 Å². The molecule has 4 N–H and O–H groups in total. The van der Waals surface area contributed by atoms with Crippen LogP contribution in [0.5, 0.6) is 0 Å². The molecule has 0 fully saturated rings. The number of rotatable bonds is 6. The molecule has 146 valence electrons. The highest BCUT2D eigenvalue weighted by Crippen LogP contribution is 2.22. The monoisotopic (exact) mass is 395 g/mol. The lowest BCUT2D eigenvalue weighted by molar-refractivity contribution is 0.104. The zero-order chi connectivity index (χ0) is 20.3. The SMILES string of the molecule is O=C(c1ccc(Nc2ccnc(Nc3ncc[nH]3)n2)cc1)c1cccc2cc[nH]c12. The topological polar surface area (TPSA) is 111 Å². The lowest BCUT2D eigenvalue weighted by Crippen LogP contribution is -2.03. The molecule has 0 aliphatic carbocycles. The Hall–Kier alpha value is -4.46. The minimum Gasteiger partial charge on any atom is -0.361 e. The van der Waals surface area contributed by atoms with Crippen molar-refractivity contribution in [1.29, 1.82) is 0 Å². The van der Waals surface area contributed by atoms with E-state index in [0.717, 1.165) is 16.6 Å². The summed E-state index contributed by atoms with van der Waals surface area (Å²) in [5.74, 6) is 1.57. The zero-order valence-corrected chi connectivity index (χ0v) is 15.8. The molecule has 0 bridgehead atoms. The van der Waals surface area contributed by atoms with Crippen LogP contribution in [0.1, 0.15) is 15.9 Å². The Balaban J connectivity index is 1.33. The second-order valence-electron chi connectivity index (χ2n) is 6.61. The van der Waals surface area contributed by atoms with Gasteiger partial charge < -0.3 is 15.3 Å². The molecule has 0 unspecified atom stereocenters. The molecule has 0 aliphatic rings. The highest BCUT2D eigenvalue weighted by molar-refractivity contribution is 6.15. The molecule has 5 rings (SSSR count). The maximum Gasteiger partial charge on any atom is 0.231 e. The van der Waals surface area contributed by atoms with E-state index in [1.54, 1.807) is 36.8 Å². The van der Waals surface area contributed by atoms with E-state index < -0.39 is 0 Å². The number of aromatic nitrogens is 5. The molecule has 0 saturated heterocycles. The first kappa shape index (κ1) is 17.6. The second-order valence-corrected chi connectivity index (χ2v) is 6.61. The summed E-state index contributed by atoms with van der Waals surface area (Å²) in [4.78, 5) is 31.7. The minimum absolute atomic E-state index is 0.0263. The van der Waals surface area contributed by atoms with Crippen molar-refractivity contribution in [2.45, 2.75) is 0 Å². The number of H-pyrrole nitrogens is 2. The number of nitrogens with zero attached hydrogens (tertiary/aromatic N) is 3. The predicted octanol–water partition coefficient (Wildman–Crippen LogP) is 4.40. The summed E-state index contributed by atoms with van der Waals surface area (Å²) in [5.41, 5.74) is 2.93. The summed E-state index contributed by atoms with van der Waals surface area (Å²) in [6.45, 7) is 0. The van der Waals surface area contributed by atoms with Crippen molar-refractivity contribution in [3.8, 4) is 0 Å². The van der Waals surface area contributed by atoms with Gasteiger partial charge in [-0.25, -0.2) is 9.97 Å². The number of aromatic amines is 2. The molecular weight excluding hydrogens is 378 g/mol. The van der Waals surface area contributed by atoms with Gasteiger partial charge in [0, 0.05) is 47.0 Å². The van der Waals surface area contributed by atoms with Crippen LogP contribution in [0.2, 0.25) is 0 Å². The van der Waals surface area contributed by atoms with Crippen molar-refractivity contribution in [3.63, 3.8) is 0 Å². The van der Waals surface area contributed by atoms with E-state index in [0.29, 0.717) is 28.8 Å². The van der Waals surface area contributed by atoms with Gasteiger partial charge in [0.1, 0.15) is 5.82 Å². The first-order chi connectivity index (χ1) is 14.8. The number of benzene rings is 2. The van der Waals surface area contributed by atoms with Crippen molar-refractivity contribution in [2.75, 3.05) is 10.6 Å². The molecule has 8 nitrogen and oxygen atoms in total. The van der Waals surface area contributed by atoms with E-state index in [2.05, 4.69) is 35.6 Å². The van der Waals surface area contributed by atoms with Crippen molar-refractivity contribution in [1.82, 2.24) is 24.9 Å². The summed E-state index contributed by atoms with van der Waals surface area (Å²) in [7, 11) is 0. The van der Waals surface area contributed by atoms with Crippen LogP contribution in [0.15, 0.2) is 79.4 Å². The zero-order valence-electron chi connectivity index (χ0n) is 15.8. The number of hydrogen-bond donors (Lipinski definition) is 4. The Morgan fingerprint density at radius 3 is 2.57 bits per heavy atom. The fourth-order valence-electron chi connectivity index (χ4n) is 3.21. The summed E-state index contributed by atoms with van der Waals surface area (Å²) in [6, 6.07) is 16.7. The largest absolute Gasteiger partial charge is 0.361 e. The minimum atomic E-state index is -0.0263. The molecule has 30 heavy (non-hydrogen) atoms. The molecule has 2 aromatic carbocycles. The molecule has 8 heteroatoms. The molecule has 0 atom stereocenters. The van der Waals surface area contributed by atoms with E-state index in [1.165, 1.54) is 0 Å². The predicted molar refractivity (Wildman–Crippen MR) is 115 cm³/mol. The Morgan fingerprint density at radius 2 is 1.73 bits per heavy atom. The summed E-state index contributed by atoms with van der Waals surface area (Å²) < 4.78 is 0. The van der Waals surface area contributed by atoms with Gasteiger partial charge in [-0.15, -0.1) is 0 Å². The van der Waals surface area contributed by atoms with E-state index >= 15 is 0 Å². The number of carbonyl (C=O) groups is 1. The Labute approximate surface area is 171 Å². The van der Waals surface area contributed by atoms with Gasteiger partial charge in [0.05, 0.1) is 5.52 Å².